The van der Waals surface area contributed by atoms with Gasteiger partial charge in [-0.2, -0.15) is 0 Å². The lowest BCUT2D eigenvalue weighted by Gasteiger charge is -2.37. The first-order chi connectivity index (χ1) is 9.47. The minimum atomic E-state index is -0.356. The number of hydrogen-bond acceptors (Lipinski definition) is 3. The second-order valence-corrected chi connectivity index (χ2v) is 5.94. The highest BCUT2D eigenvalue weighted by atomic mass is 35.5. The summed E-state index contributed by atoms with van der Waals surface area (Å²) in [5, 5.41) is 13.4. The van der Waals surface area contributed by atoms with E-state index in [2.05, 4.69) is 5.32 Å². The van der Waals surface area contributed by atoms with Crippen LogP contribution in [-0.4, -0.2) is 41.1 Å². The number of aliphatic hydroxyl groups is 1. The van der Waals surface area contributed by atoms with Crippen LogP contribution in [0, 0.1) is 5.92 Å². The number of rotatable bonds is 3. The van der Waals surface area contributed by atoms with Crippen molar-refractivity contribution in [1.82, 2.24) is 4.90 Å². The lowest BCUT2D eigenvalue weighted by atomic mass is 9.95. The summed E-state index contributed by atoms with van der Waals surface area (Å²) in [4.78, 5) is 14.3. The number of aliphatic hydroxyl groups excluding tert-OH is 1. The molecule has 2 rings (SSSR count). The summed E-state index contributed by atoms with van der Waals surface area (Å²) in [6, 6.07) is 6.83. The molecule has 1 aliphatic rings. The summed E-state index contributed by atoms with van der Waals surface area (Å²) in [6.45, 7) is 5.29. The van der Waals surface area contributed by atoms with E-state index in [1.165, 1.54) is 0 Å². The molecule has 1 fully saturated rings. The Morgan fingerprint density at radius 3 is 2.95 bits per heavy atom. The predicted octanol–water partition coefficient (Wildman–Crippen LogP) is 2.37. The molecule has 0 bridgehead atoms. The average molecular weight is 297 g/mol. The molecule has 0 aromatic heterocycles. The maximum atomic E-state index is 12.2. The molecule has 110 valence electrons. The Hall–Kier alpha value is -1.10. The molecule has 1 amide bonds. The Morgan fingerprint density at radius 1 is 1.55 bits per heavy atom. The number of anilines is 1. The molecule has 0 aliphatic carbocycles. The van der Waals surface area contributed by atoms with Gasteiger partial charge in [0.25, 0.3) is 0 Å². The van der Waals surface area contributed by atoms with E-state index in [1.54, 1.807) is 18.2 Å². The smallest absolute Gasteiger partial charge is 0.241 e. The largest absolute Gasteiger partial charge is 0.392 e. The highest BCUT2D eigenvalue weighted by molar-refractivity contribution is 6.30. The lowest BCUT2D eigenvalue weighted by Crippen LogP contribution is -2.50. The van der Waals surface area contributed by atoms with Crippen molar-refractivity contribution in [1.29, 1.82) is 0 Å². The number of likely N-dealkylation sites (tertiary alicyclic amines) is 1. The van der Waals surface area contributed by atoms with E-state index in [1.807, 2.05) is 24.8 Å². The Kier molecular flexibility index (Phi) is 5.02. The minimum Gasteiger partial charge on any atom is -0.392 e. The van der Waals surface area contributed by atoms with Gasteiger partial charge in [-0.1, -0.05) is 24.6 Å². The lowest BCUT2D eigenvalue weighted by molar-refractivity contribution is -0.122. The number of β-amino-alcohol motifs (C(OH)–C–C–N with tert-alkyl or cyclic N) is 1. The Balaban J connectivity index is 1.95. The highest BCUT2D eigenvalue weighted by Gasteiger charge is 2.30. The summed E-state index contributed by atoms with van der Waals surface area (Å²) < 4.78 is 0. The Labute approximate surface area is 124 Å². The van der Waals surface area contributed by atoms with Crippen LogP contribution in [0.3, 0.4) is 0 Å². The van der Waals surface area contributed by atoms with Crippen LogP contribution in [0.25, 0.3) is 0 Å². The fraction of sp³-hybridized carbons (Fsp3) is 0.533. The van der Waals surface area contributed by atoms with Gasteiger partial charge >= 0.3 is 0 Å². The number of amides is 1. The molecule has 1 aromatic carbocycles. The topological polar surface area (TPSA) is 52.6 Å². The molecule has 0 radical (unpaired) electrons. The van der Waals surface area contributed by atoms with Gasteiger partial charge in [0.1, 0.15) is 0 Å². The van der Waals surface area contributed by atoms with E-state index in [-0.39, 0.29) is 18.1 Å². The van der Waals surface area contributed by atoms with Crippen molar-refractivity contribution in [3.05, 3.63) is 29.3 Å². The first kappa shape index (κ1) is 15.3. The third kappa shape index (κ3) is 3.72. The van der Waals surface area contributed by atoms with Gasteiger partial charge in [-0.3, -0.25) is 9.69 Å². The van der Waals surface area contributed by atoms with Gasteiger partial charge in [0.05, 0.1) is 12.1 Å². The molecule has 1 heterocycles. The van der Waals surface area contributed by atoms with Crippen molar-refractivity contribution in [3.8, 4) is 0 Å². The molecular formula is C15H21ClN2O2. The molecule has 0 saturated carbocycles. The summed E-state index contributed by atoms with van der Waals surface area (Å²) >= 11 is 5.90. The van der Waals surface area contributed by atoms with Gasteiger partial charge in [0, 0.05) is 17.3 Å². The van der Waals surface area contributed by atoms with E-state index in [0.29, 0.717) is 23.2 Å². The van der Waals surface area contributed by atoms with Crippen LogP contribution < -0.4 is 5.32 Å². The first-order valence-corrected chi connectivity index (χ1v) is 7.33. The van der Waals surface area contributed by atoms with Crippen molar-refractivity contribution in [2.75, 3.05) is 18.4 Å². The fourth-order valence-corrected chi connectivity index (χ4v) is 2.59. The standard InChI is InChI=1S/C15H21ClN2O2/c1-10-6-7-18(9-14(10)19)11(2)15(20)17-13-5-3-4-12(16)8-13/h3-5,8,10-11,14,19H,6-7,9H2,1-2H3,(H,17,20). The van der Waals surface area contributed by atoms with E-state index in [0.717, 1.165) is 13.0 Å². The number of carbonyl (C=O) groups is 1. The van der Waals surface area contributed by atoms with Gasteiger partial charge in [-0.25, -0.2) is 0 Å². The molecule has 2 N–H and O–H groups in total. The zero-order chi connectivity index (χ0) is 14.7. The third-order valence-corrected chi connectivity index (χ3v) is 4.20. The fourth-order valence-electron chi connectivity index (χ4n) is 2.40. The van der Waals surface area contributed by atoms with Gasteiger partial charge in [-0.05, 0) is 44.0 Å². The molecule has 3 atom stereocenters. The SMILES string of the molecule is CC1CCN(C(C)C(=O)Nc2cccc(Cl)c2)CC1O. The van der Waals surface area contributed by atoms with Crippen LogP contribution in [0.15, 0.2) is 24.3 Å². The van der Waals surface area contributed by atoms with E-state index in [4.69, 9.17) is 11.6 Å². The van der Waals surface area contributed by atoms with Crippen molar-refractivity contribution in [3.63, 3.8) is 0 Å². The Bertz CT molecular complexity index is 481. The number of carbonyl (C=O) groups excluding carboxylic acids is 1. The zero-order valence-electron chi connectivity index (χ0n) is 11.8. The summed E-state index contributed by atoms with van der Waals surface area (Å²) in [5.74, 6) is 0.225. The van der Waals surface area contributed by atoms with Crippen LogP contribution in [0.5, 0.6) is 0 Å². The van der Waals surface area contributed by atoms with Gasteiger partial charge < -0.3 is 10.4 Å². The number of nitrogens with one attached hydrogen (secondary N) is 1. The molecule has 20 heavy (non-hydrogen) atoms. The maximum Gasteiger partial charge on any atom is 0.241 e. The number of hydrogen-bond donors (Lipinski definition) is 2. The number of piperidine rings is 1. The third-order valence-electron chi connectivity index (χ3n) is 3.97. The molecule has 1 saturated heterocycles. The Morgan fingerprint density at radius 2 is 2.30 bits per heavy atom. The van der Waals surface area contributed by atoms with E-state index in [9.17, 15) is 9.90 Å². The van der Waals surface area contributed by atoms with Gasteiger partial charge in [0.15, 0.2) is 0 Å². The number of benzene rings is 1. The van der Waals surface area contributed by atoms with Crippen LogP contribution in [0.4, 0.5) is 5.69 Å². The second kappa shape index (κ2) is 6.57. The first-order valence-electron chi connectivity index (χ1n) is 6.96. The molecular weight excluding hydrogens is 276 g/mol. The minimum absolute atomic E-state index is 0.0750. The van der Waals surface area contributed by atoms with Crippen LogP contribution >= 0.6 is 11.6 Å². The molecule has 1 aliphatic heterocycles. The molecule has 4 nitrogen and oxygen atoms in total. The second-order valence-electron chi connectivity index (χ2n) is 5.50. The van der Waals surface area contributed by atoms with Crippen molar-refractivity contribution < 1.29 is 9.90 Å². The van der Waals surface area contributed by atoms with Crippen molar-refractivity contribution >= 4 is 23.2 Å². The van der Waals surface area contributed by atoms with Crippen LogP contribution in [0.1, 0.15) is 20.3 Å². The summed E-state index contributed by atoms with van der Waals surface area (Å²) in [5.41, 5.74) is 0.695. The number of halogens is 1. The van der Waals surface area contributed by atoms with E-state index >= 15 is 0 Å². The summed E-state index contributed by atoms with van der Waals surface area (Å²) in [7, 11) is 0. The van der Waals surface area contributed by atoms with Crippen LogP contribution in [-0.2, 0) is 4.79 Å². The highest BCUT2D eigenvalue weighted by Crippen LogP contribution is 2.20. The zero-order valence-corrected chi connectivity index (χ0v) is 12.6. The monoisotopic (exact) mass is 296 g/mol. The summed E-state index contributed by atoms with van der Waals surface area (Å²) in [6.07, 6.45) is 0.556. The number of nitrogens with zero attached hydrogens (tertiary/aromatic N) is 1. The van der Waals surface area contributed by atoms with Gasteiger partial charge in [0.2, 0.25) is 5.91 Å². The average Bonchev–Trinajstić information content (AvgIpc) is 2.41. The maximum absolute atomic E-state index is 12.2. The van der Waals surface area contributed by atoms with E-state index < -0.39 is 0 Å². The molecule has 5 heteroatoms. The van der Waals surface area contributed by atoms with Crippen molar-refractivity contribution in [2.45, 2.75) is 32.4 Å². The molecule has 0 spiro atoms. The van der Waals surface area contributed by atoms with Gasteiger partial charge in [-0.15, -0.1) is 0 Å². The van der Waals surface area contributed by atoms with Crippen LogP contribution in [0.2, 0.25) is 5.02 Å². The van der Waals surface area contributed by atoms with Crippen molar-refractivity contribution in [2.24, 2.45) is 5.92 Å². The quantitative estimate of drug-likeness (QED) is 0.900. The molecule has 3 unspecified atom stereocenters. The molecule has 1 aromatic rings. The predicted molar refractivity (Wildman–Crippen MR) is 80.9 cm³/mol. The normalized spacial score (nSPS) is 25.2.